The van der Waals surface area contributed by atoms with Crippen molar-refractivity contribution in [2.45, 2.75) is 49.1 Å². The number of alkyl halides is 6. The molecule has 0 saturated heterocycles. The van der Waals surface area contributed by atoms with Gasteiger partial charge in [-0.05, 0) is 79.5 Å². The average molecular weight is 821 g/mol. The number of fused-ring (bicyclic) bond motifs is 2. The summed E-state index contributed by atoms with van der Waals surface area (Å²) in [7, 11) is 0.822. The number of carboxylic acid groups (broad SMARTS) is 2. The number of nitrogens with zero attached hydrogens (tertiary/aromatic N) is 2. The number of anilines is 1. The van der Waals surface area contributed by atoms with Gasteiger partial charge in [0.2, 0.25) is 5.91 Å². The van der Waals surface area contributed by atoms with Crippen molar-refractivity contribution in [2.24, 2.45) is 5.92 Å². The van der Waals surface area contributed by atoms with E-state index in [1.807, 2.05) is 47.5 Å². The number of aromatic nitrogens is 1. The molecule has 11 nitrogen and oxygen atoms in total. The Morgan fingerprint density at radius 3 is 2.05 bits per heavy atom. The zero-order valence-electron chi connectivity index (χ0n) is 29.9. The lowest BCUT2D eigenvalue weighted by molar-refractivity contribution is -0.193. The van der Waals surface area contributed by atoms with Gasteiger partial charge >= 0.3 is 24.3 Å². The van der Waals surface area contributed by atoms with E-state index < -0.39 is 40.2 Å². The molecule has 0 bridgehead atoms. The van der Waals surface area contributed by atoms with Gasteiger partial charge in [0, 0.05) is 59.6 Å². The van der Waals surface area contributed by atoms with Crippen LogP contribution in [0.2, 0.25) is 5.02 Å². The Hall–Kier alpha value is -4.65. The largest absolute Gasteiger partial charge is 0.490 e. The predicted octanol–water partition coefficient (Wildman–Crippen LogP) is 6.52. The van der Waals surface area contributed by atoms with E-state index in [2.05, 4.69) is 42.3 Å². The van der Waals surface area contributed by atoms with Gasteiger partial charge < -0.3 is 30.3 Å². The highest BCUT2D eigenvalue weighted by Gasteiger charge is 2.39. The summed E-state index contributed by atoms with van der Waals surface area (Å²) in [6.07, 6.45) is -6.11. The van der Waals surface area contributed by atoms with E-state index in [1.54, 1.807) is 24.3 Å². The monoisotopic (exact) mass is 820 g/mol. The molecule has 5 rings (SSSR count). The van der Waals surface area contributed by atoms with Crippen molar-refractivity contribution < 1.29 is 59.4 Å². The maximum Gasteiger partial charge on any atom is 0.490 e. The highest BCUT2D eigenvalue weighted by molar-refractivity contribution is 7.90. The SMILES string of the molecule is CC(c1c[nH]c2ccccc12)C(NCc1ccc(S(C)(=O)=O)cc1)C(=O)N1C[C@@H](CN(C)C)Cc2cc(Cl)ccc21.O=C(O)C(F)(F)F.O=C(O)C(F)(F)F. The maximum atomic E-state index is 14.6. The third kappa shape index (κ3) is 12.7. The highest BCUT2D eigenvalue weighted by atomic mass is 35.5. The van der Waals surface area contributed by atoms with E-state index in [0.717, 1.165) is 46.2 Å². The van der Waals surface area contributed by atoms with Crippen LogP contribution in [0.3, 0.4) is 0 Å². The Morgan fingerprint density at radius 1 is 0.964 bits per heavy atom. The molecule has 0 spiro atoms. The Labute approximate surface area is 317 Å². The number of benzene rings is 3. The van der Waals surface area contributed by atoms with E-state index in [-0.39, 0.29) is 22.6 Å². The first kappa shape index (κ1) is 44.7. The minimum absolute atomic E-state index is 0.00238. The van der Waals surface area contributed by atoms with Crippen molar-refractivity contribution in [1.82, 2.24) is 15.2 Å². The van der Waals surface area contributed by atoms with Crippen LogP contribution in [0.5, 0.6) is 0 Å². The van der Waals surface area contributed by atoms with Crippen LogP contribution in [0.4, 0.5) is 32.0 Å². The second-order valence-corrected chi connectivity index (χ2v) is 15.5. The number of amides is 1. The number of rotatable bonds is 9. The summed E-state index contributed by atoms with van der Waals surface area (Å²) < 4.78 is 87.3. The number of hydrogen-bond donors (Lipinski definition) is 4. The Morgan fingerprint density at radius 2 is 1.53 bits per heavy atom. The zero-order chi connectivity index (χ0) is 41.5. The summed E-state index contributed by atoms with van der Waals surface area (Å²) in [5.41, 5.74) is 4.99. The van der Waals surface area contributed by atoms with Crippen LogP contribution in [0.1, 0.15) is 29.5 Å². The molecule has 19 heteroatoms. The van der Waals surface area contributed by atoms with Crippen LogP contribution >= 0.6 is 11.6 Å². The number of nitrogens with one attached hydrogen (secondary N) is 2. The molecule has 0 radical (unpaired) electrons. The van der Waals surface area contributed by atoms with E-state index in [9.17, 15) is 39.6 Å². The van der Waals surface area contributed by atoms with Gasteiger partial charge in [0.05, 0.1) is 10.9 Å². The first-order chi connectivity index (χ1) is 25.4. The number of sulfone groups is 1. The highest BCUT2D eigenvalue weighted by Crippen LogP contribution is 2.35. The topological polar surface area (TPSA) is 160 Å². The van der Waals surface area contributed by atoms with Crippen molar-refractivity contribution in [3.63, 3.8) is 0 Å². The molecule has 0 aliphatic carbocycles. The molecule has 0 saturated carbocycles. The van der Waals surface area contributed by atoms with Crippen LogP contribution < -0.4 is 10.2 Å². The van der Waals surface area contributed by atoms with Crippen LogP contribution in [0, 0.1) is 5.92 Å². The summed E-state index contributed by atoms with van der Waals surface area (Å²) in [4.78, 5) is 40.1. The summed E-state index contributed by atoms with van der Waals surface area (Å²) in [5.74, 6) is -5.39. The van der Waals surface area contributed by atoms with Gasteiger partial charge in [-0.1, -0.05) is 48.9 Å². The first-order valence-corrected chi connectivity index (χ1v) is 18.6. The van der Waals surface area contributed by atoms with E-state index in [4.69, 9.17) is 31.4 Å². The fraction of sp³-hybridized carbons (Fsp3) is 0.361. The number of carbonyl (C=O) groups is 3. The van der Waals surface area contributed by atoms with Crippen molar-refractivity contribution in [1.29, 1.82) is 0 Å². The number of carbonyl (C=O) groups excluding carboxylic acids is 1. The lowest BCUT2D eigenvalue weighted by atomic mass is 9.88. The van der Waals surface area contributed by atoms with E-state index >= 15 is 0 Å². The van der Waals surface area contributed by atoms with Gasteiger partial charge in [0.25, 0.3) is 0 Å². The van der Waals surface area contributed by atoms with E-state index in [1.165, 1.54) is 6.26 Å². The number of H-pyrrole nitrogens is 1. The maximum absolute atomic E-state index is 14.6. The predicted molar refractivity (Wildman–Crippen MR) is 194 cm³/mol. The molecule has 2 heterocycles. The lowest BCUT2D eigenvalue weighted by Gasteiger charge is -2.39. The summed E-state index contributed by atoms with van der Waals surface area (Å²) in [6.45, 7) is 3.98. The number of halogens is 7. The van der Waals surface area contributed by atoms with Crippen LogP contribution in [-0.4, -0.2) is 98.2 Å². The zero-order valence-corrected chi connectivity index (χ0v) is 31.4. The van der Waals surface area contributed by atoms with Gasteiger partial charge in [0.15, 0.2) is 9.84 Å². The van der Waals surface area contributed by atoms with Crippen molar-refractivity contribution >= 4 is 55.9 Å². The minimum atomic E-state index is -5.08. The third-order valence-electron chi connectivity index (χ3n) is 8.41. The quantitative estimate of drug-likeness (QED) is 0.138. The molecule has 3 atom stereocenters. The Balaban J connectivity index is 0.000000494. The third-order valence-corrected chi connectivity index (χ3v) is 9.78. The summed E-state index contributed by atoms with van der Waals surface area (Å²) >= 11 is 6.38. The Kier molecular flexibility index (Phi) is 14.9. The van der Waals surface area contributed by atoms with Crippen LogP contribution in [0.15, 0.2) is 77.8 Å². The molecule has 1 aromatic heterocycles. The fourth-order valence-corrected chi connectivity index (χ4v) is 6.76. The van der Waals surface area contributed by atoms with Gasteiger partial charge in [-0.2, -0.15) is 26.3 Å². The molecule has 1 aliphatic heterocycles. The smallest absolute Gasteiger partial charge is 0.475 e. The first-order valence-electron chi connectivity index (χ1n) is 16.3. The summed E-state index contributed by atoms with van der Waals surface area (Å²) in [5, 5.41) is 19.6. The van der Waals surface area contributed by atoms with Gasteiger partial charge in [0.1, 0.15) is 0 Å². The van der Waals surface area contributed by atoms with Crippen molar-refractivity contribution in [3.8, 4) is 0 Å². The molecule has 55 heavy (non-hydrogen) atoms. The van der Waals surface area contributed by atoms with Crippen molar-refractivity contribution in [3.05, 3.63) is 94.6 Å². The number of aromatic amines is 1. The van der Waals surface area contributed by atoms with Crippen LogP contribution in [-0.2, 0) is 37.2 Å². The number of carboxylic acids is 2. The molecule has 4 N–H and O–H groups in total. The molecule has 3 aromatic carbocycles. The molecule has 0 fully saturated rings. The van der Waals surface area contributed by atoms with Gasteiger partial charge in [-0.25, -0.2) is 18.0 Å². The number of hydrogen-bond acceptors (Lipinski definition) is 7. The summed E-state index contributed by atoms with van der Waals surface area (Å²) in [6, 6.07) is 20.2. The second-order valence-electron chi connectivity index (χ2n) is 13.0. The molecule has 1 amide bonds. The average Bonchev–Trinajstić information content (AvgIpc) is 3.51. The van der Waals surface area contributed by atoms with Gasteiger partial charge in [-0.3, -0.25) is 4.79 Å². The normalized spacial score (nSPS) is 15.6. The van der Waals surface area contributed by atoms with Crippen LogP contribution in [0.25, 0.3) is 10.9 Å². The molecular weight excluding hydrogens is 782 g/mol. The molecule has 2 unspecified atom stereocenters. The van der Waals surface area contributed by atoms with Crippen molar-refractivity contribution in [2.75, 3.05) is 38.3 Å². The standard InChI is InChI=1S/C32H37ClN4O3S.2C2HF3O2/c1-21(28-18-34-29-8-6-5-7-27(28)29)31(35-17-22-9-12-26(13-10-22)41(4,39)40)32(38)37-20-23(19-36(2)3)15-24-16-25(33)11-14-30(24)37;2*3-2(4,5)1(6)7/h5-14,16,18,21,23,31,34-35H,15,17,19-20H2,1-4H3;2*(H,6,7)/t21?,23-,31?;;/m1../s1. The second kappa shape index (κ2) is 18.3. The fourth-order valence-electron chi connectivity index (χ4n) is 5.94. The number of para-hydroxylation sites is 1. The molecule has 1 aliphatic rings. The molecule has 4 aromatic rings. The molecular formula is C36H39ClF6N4O7S. The Bertz CT molecular complexity index is 2050. The lowest BCUT2D eigenvalue weighted by Crippen LogP contribution is -2.52. The van der Waals surface area contributed by atoms with Gasteiger partial charge in [-0.15, -0.1) is 0 Å². The van der Waals surface area contributed by atoms with E-state index in [0.29, 0.717) is 18.1 Å². The molecule has 300 valence electrons. The minimum Gasteiger partial charge on any atom is -0.475 e. The number of aliphatic carboxylic acids is 2.